The van der Waals surface area contributed by atoms with Crippen molar-refractivity contribution in [3.63, 3.8) is 0 Å². The minimum Gasteiger partial charge on any atom is -0.438 e. The second kappa shape index (κ2) is 10.5. The molecule has 0 bridgehead atoms. The first kappa shape index (κ1) is 24.5. The van der Waals surface area contributed by atoms with Crippen molar-refractivity contribution in [1.82, 2.24) is 9.55 Å². The van der Waals surface area contributed by atoms with Gasteiger partial charge < -0.3 is 19.5 Å². The number of nitrogens with one attached hydrogen (secondary N) is 1. The molecule has 3 aromatic carbocycles. The number of rotatable bonds is 5. The molecule has 0 spiro atoms. The summed E-state index contributed by atoms with van der Waals surface area (Å²) in [5.41, 5.74) is 4.39. The highest BCUT2D eigenvalue weighted by atomic mass is 35.5. The molecule has 2 amide bonds. The summed E-state index contributed by atoms with van der Waals surface area (Å²) in [4.78, 5) is 32.7. The Morgan fingerprint density at radius 2 is 1.64 bits per heavy atom. The second-order valence-corrected chi connectivity index (χ2v) is 9.53. The van der Waals surface area contributed by atoms with Crippen LogP contribution in [0.25, 0.3) is 0 Å². The van der Waals surface area contributed by atoms with E-state index in [1.54, 1.807) is 71.8 Å². The van der Waals surface area contributed by atoms with Gasteiger partial charge in [-0.15, -0.1) is 0 Å². The van der Waals surface area contributed by atoms with Gasteiger partial charge in [0.2, 0.25) is 5.88 Å². The minimum atomic E-state index is -0.381. The lowest BCUT2D eigenvalue weighted by Crippen LogP contribution is -2.30. The Morgan fingerprint density at radius 1 is 0.846 bits per heavy atom. The number of aromatic nitrogens is 2. The molecule has 7 nitrogen and oxygen atoms in total. The number of ether oxygens (including phenoxy) is 1. The maximum absolute atomic E-state index is 13.6. The van der Waals surface area contributed by atoms with Crippen molar-refractivity contribution < 1.29 is 14.3 Å². The minimum absolute atomic E-state index is 0.110. The van der Waals surface area contributed by atoms with Crippen LogP contribution in [0, 0.1) is 0 Å². The van der Waals surface area contributed by atoms with E-state index < -0.39 is 0 Å². The molecule has 192 valence electrons. The molecule has 6 rings (SSSR count). The molecule has 1 N–H and O–H groups in total. The van der Waals surface area contributed by atoms with E-state index in [9.17, 15) is 9.59 Å². The van der Waals surface area contributed by atoms with Gasteiger partial charge in [0.25, 0.3) is 11.8 Å². The highest BCUT2D eigenvalue weighted by Gasteiger charge is 2.25. The Balaban J connectivity index is 1.20. The van der Waals surface area contributed by atoms with Crippen LogP contribution in [0.5, 0.6) is 11.6 Å². The monoisotopic (exact) mass is 534 g/mol. The third-order valence-corrected chi connectivity index (χ3v) is 6.80. The second-order valence-electron chi connectivity index (χ2n) is 9.09. The van der Waals surface area contributed by atoms with E-state index in [0.717, 1.165) is 16.9 Å². The van der Waals surface area contributed by atoms with Crippen molar-refractivity contribution in [3.05, 3.63) is 137 Å². The third-order valence-electron chi connectivity index (χ3n) is 6.55. The van der Waals surface area contributed by atoms with Gasteiger partial charge in [0, 0.05) is 46.6 Å². The number of amides is 2. The maximum Gasteiger partial charge on any atom is 0.261 e. The lowest BCUT2D eigenvalue weighted by atomic mass is 10.1. The van der Waals surface area contributed by atoms with E-state index in [2.05, 4.69) is 14.9 Å². The molecular weight excluding hydrogens is 512 g/mol. The first-order valence-corrected chi connectivity index (χ1v) is 12.8. The maximum atomic E-state index is 13.6. The van der Waals surface area contributed by atoms with Gasteiger partial charge in [-0.05, 0) is 84.4 Å². The zero-order valence-electron chi connectivity index (χ0n) is 20.8. The van der Waals surface area contributed by atoms with Crippen LogP contribution in [0.4, 0.5) is 11.4 Å². The largest absolute Gasteiger partial charge is 0.438 e. The van der Waals surface area contributed by atoms with E-state index in [4.69, 9.17) is 16.3 Å². The van der Waals surface area contributed by atoms with Crippen LogP contribution in [-0.2, 0) is 13.1 Å². The van der Waals surface area contributed by atoms with Gasteiger partial charge in [-0.3, -0.25) is 9.59 Å². The fourth-order valence-corrected chi connectivity index (χ4v) is 4.70. The van der Waals surface area contributed by atoms with Gasteiger partial charge in [0.15, 0.2) is 0 Å². The number of hydrogen-bond acceptors (Lipinski definition) is 4. The van der Waals surface area contributed by atoms with E-state index in [1.165, 1.54) is 0 Å². The molecule has 1 aliphatic rings. The van der Waals surface area contributed by atoms with E-state index in [-0.39, 0.29) is 23.3 Å². The summed E-state index contributed by atoms with van der Waals surface area (Å²) in [6.07, 6.45) is 3.59. The number of fused-ring (bicyclic) bond motifs is 2. The predicted molar refractivity (Wildman–Crippen MR) is 151 cm³/mol. The average Bonchev–Trinajstić information content (AvgIpc) is 3.33. The van der Waals surface area contributed by atoms with E-state index >= 15 is 0 Å². The Labute approximate surface area is 230 Å². The number of nitrogens with zero attached hydrogens (tertiary/aromatic N) is 3. The van der Waals surface area contributed by atoms with Crippen molar-refractivity contribution in [1.29, 1.82) is 0 Å². The molecule has 39 heavy (non-hydrogen) atoms. The zero-order valence-corrected chi connectivity index (χ0v) is 21.5. The average molecular weight is 535 g/mol. The number of pyridine rings is 1. The van der Waals surface area contributed by atoms with Gasteiger partial charge in [0.1, 0.15) is 11.3 Å². The van der Waals surface area contributed by atoms with Crippen LogP contribution < -0.4 is 15.0 Å². The number of anilines is 2. The van der Waals surface area contributed by atoms with Crippen molar-refractivity contribution in [2.24, 2.45) is 0 Å². The predicted octanol–water partition coefficient (Wildman–Crippen LogP) is 6.79. The summed E-state index contributed by atoms with van der Waals surface area (Å²) >= 11 is 5.95. The van der Waals surface area contributed by atoms with Crippen molar-refractivity contribution in [2.75, 3.05) is 10.2 Å². The fraction of sp³-hybridized carbons (Fsp3) is 0.0645. The quantitative estimate of drug-likeness (QED) is 0.269. The Bertz CT molecular complexity index is 1660. The molecule has 2 aromatic heterocycles. The van der Waals surface area contributed by atoms with Gasteiger partial charge in [-0.25, -0.2) is 4.98 Å². The third kappa shape index (κ3) is 5.12. The van der Waals surface area contributed by atoms with Gasteiger partial charge in [-0.2, -0.15) is 0 Å². The Morgan fingerprint density at radius 3 is 2.46 bits per heavy atom. The van der Waals surface area contributed by atoms with E-state index in [0.29, 0.717) is 35.1 Å². The summed E-state index contributed by atoms with van der Waals surface area (Å²) in [6, 6.07) is 29.0. The summed E-state index contributed by atoms with van der Waals surface area (Å²) in [5.74, 6) is 0.195. The van der Waals surface area contributed by atoms with Gasteiger partial charge in [0.05, 0.1) is 6.54 Å². The summed E-state index contributed by atoms with van der Waals surface area (Å²) in [5, 5.41) is 3.45. The lowest BCUT2D eigenvalue weighted by Gasteiger charge is -2.23. The van der Waals surface area contributed by atoms with Crippen LogP contribution in [0.3, 0.4) is 0 Å². The fourth-order valence-electron chi connectivity index (χ4n) is 4.58. The SMILES string of the molecule is O=C(Nc1ccc(C(=O)N2Cc3cccn3Cc3ccccc32)cc1)c1cccnc1Oc1ccc(Cl)cc1. The number of benzene rings is 3. The van der Waals surface area contributed by atoms with Crippen molar-refractivity contribution in [3.8, 4) is 11.6 Å². The molecule has 0 saturated heterocycles. The summed E-state index contributed by atoms with van der Waals surface area (Å²) in [7, 11) is 0. The topological polar surface area (TPSA) is 76.5 Å². The first-order valence-electron chi connectivity index (χ1n) is 12.4. The Hall–Kier alpha value is -4.88. The molecule has 0 unspecified atom stereocenters. The number of para-hydroxylation sites is 1. The van der Waals surface area contributed by atoms with Crippen molar-refractivity contribution in [2.45, 2.75) is 13.1 Å². The molecule has 5 aromatic rings. The first-order chi connectivity index (χ1) is 19.0. The van der Waals surface area contributed by atoms with Gasteiger partial charge >= 0.3 is 0 Å². The van der Waals surface area contributed by atoms with Crippen molar-refractivity contribution >= 4 is 34.8 Å². The molecule has 0 radical (unpaired) electrons. The normalized spacial score (nSPS) is 12.2. The molecule has 0 saturated carbocycles. The van der Waals surface area contributed by atoms with E-state index in [1.807, 2.05) is 42.6 Å². The molecule has 3 heterocycles. The number of carbonyl (C=O) groups is 2. The zero-order chi connectivity index (χ0) is 26.8. The van der Waals surface area contributed by atoms with Crippen LogP contribution >= 0.6 is 11.6 Å². The molecule has 1 aliphatic heterocycles. The molecule has 0 aliphatic carbocycles. The standard InChI is InChI=1S/C31H23ClN4O3/c32-23-11-15-26(16-12-23)39-30-27(7-3-17-33-30)29(37)34-24-13-9-21(10-14-24)31(38)36-20-25-6-4-18-35(25)19-22-5-1-2-8-28(22)36/h1-18H,19-20H2,(H,34,37). The number of halogens is 1. The van der Waals surface area contributed by atoms with Crippen LogP contribution in [-0.4, -0.2) is 21.4 Å². The van der Waals surface area contributed by atoms with Crippen LogP contribution in [0.1, 0.15) is 32.0 Å². The number of hydrogen-bond donors (Lipinski definition) is 1. The Kier molecular flexibility index (Phi) is 6.57. The summed E-state index contributed by atoms with van der Waals surface area (Å²) in [6.45, 7) is 1.18. The lowest BCUT2D eigenvalue weighted by molar-refractivity contribution is 0.0983. The molecule has 8 heteroatoms. The summed E-state index contributed by atoms with van der Waals surface area (Å²) < 4.78 is 7.98. The van der Waals surface area contributed by atoms with Crippen LogP contribution in [0.2, 0.25) is 5.02 Å². The van der Waals surface area contributed by atoms with Gasteiger partial charge in [-0.1, -0.05) is 29.8 Å². The van der Waals surface area contributed by atoms with Crippen LogP contribution in [0.15, 0.2) is 109 Å². The highest BCUT2D eigenvalue weighted by Crippen LogP contribution is 2.30. The molecule has 0 atom stereocenters. The smallest absolute Gasteiger partial charge is 0.261 e. The number of carbonyl (C=O) groups excluding carboxylic acids is 2. The molecular formula is C31H23ClN4O3. The molecule has 0 fully saturated rings. The highest BCUT2D eigenvalue weighted by molar-refractivity contribution is 6.30.